The fourth-order valence-corrected chi connectivity index (χ4v) is 4.63. The normalized spacial score (nSPS) is 26.3. The lowest BCUT2D eigenvalue weighted by atomic mass is 9.67. The number of nitriles is 1. The SMILES string of the molecule is COc1cc(C#N)c(NC(=O)CN2CC[C@@]3(C)C[C@H]2CC3(C)C)cc1OC. The lowest BCUT2D eigenvalue weighted by Crippen LogP contribution is -2.45. The first-order valence-corrected chi connectivity index (χ1v) is 9.43. The summed E-state index contributed by atoms with van der Waals surface area (Å²) in [5, 5.41) is 12.3. The third-order valence-electron chi connectivity index (χ3n) is 6.80. The van der Waals surface area contributed by atoms with Crippen molar-refractivity contribution >= 4 is 11.6 Å². The second-order valence-corrected chi connectivity index (χ2v) is 8.64. The maximum Gasteiger partial charge on any atom is 0.238 e. The molecule has 0 aromatic heterocycles. The minimum atomic E-state index is -0.105. The lowest BCUT2D eigenvalue weighted by Gasteiger charge is -2.41. The number of nitrogens with zero attached hydrogens (tertiary/aromatic N) is 2. The van der Waals surface area contributed by atoms with Gasteiger partial charge in [0, 0.05) is 18.2 Å². The monoisotopic (exact) mass is 371 g/mol. The van der Waals surface area contributed by atoms with Crippen molar-refractivity contribution in [3.63, 3.8) is 0 Å². The maximum absolute atomic E-state index is 12.7. The van der Waals surface area contributed by atoms with Gasteiger partial charge in [0.2, 0.25) is 5.91 Å². The number of amides is 1. The van der Waals surface area contributed by atoms with E-state index in [2.05, 4.69) is 37.1 Å². The number of hydrogen-bond donors (Lipinski definition) is 1. The van der Waals surface area contributed by atoms with Crippen LogP contribution in [-0.4, -0.2) is 44.2 Å². The van der Waals surface area contributed by atoms with Crippen LogP contribution in [0, 0.1) is 22.2 Å². The molecule has 2 aliphatic rings. The number of rotatable bonds is 5. The first-order valence-electron chi connectivity index (χ1n) is 9.43. The minimum Gasteiger partial charge on any atom is -0.493 e. The van der Waals surface area contributed by atoms with E-state index in [1.54, 1.807) is 12.1 Å². The molecule has 1 N–H and O–H groups in total. The number of carbonyl (C=O) groups excluding carboxylic acids is 1. The zero-order valence-corrected chi connectivity index (χ0v) is 16.9. The third kappa shape index (κ3) is 3.49. The van der Waals surface area contributed by atoms with Gasteiger partial charge >= 0.3 is 0 Å². The Labute approximate surface area is 161 Å². The van der Waals surface area contributed by atoms with Crippen molar-refractivity contribution in [3.8, 4) is 17.6 Å². The van der Waals surface area contributed by atoms with Crippen molar-refractivity contribution < 1.29 is 14.3 Å². The first kappa shape index (κ1) is 19.5. The van der Waals surface area contributed by atoms with Crippen molar-refractivity contribution in [1.29, 1.82) is 5.26 Å². The Bertz CT molecular complexity index is 782. The number of likely N-dealkylation sites (tertiary alicyclic amines) is 1. The number of nitrogens with one attached hydrogen (secondary N) is 1. The number of anilines is 1. The summed E-state index contributed by atoms with van der Waals surface area (Å²) in [7, 11) is 3.05. The van der Waals surface area contributed by atoms with Crippen LogP contribution in [0.25, 0.3) is 0 Å². The third-order valence-corrected chi connectivity index (χ3v) is 6.80. The molecule has 1 saturated carbocycles. The number of piperidine rings is 1. The van der Waals surface area contributed by atoms with Crippen molar-refractivity contribution in [2.45, 2.75) is 46.1 Å². The zero-order chi connectivity index (χ0) is 19.8. The topological polar surface area (TPSA) is 74.6 Å². The quantitative estimate of drug-likeness (QED) is 0.858. The standard InChI is InChI=1S/C21H29N3O3/c1-20(2)10-15-11-21(20,3)6-7-24(15)13-19(25)23-16-9-18(27-5)17(26-4)8-14(16)12-22/h8-9,15H,6-7,10-11,13H2,1-5H3,(H,23,25)/t15-,21+/m1/s1. The molecular weight excluding hydrogens is 342 g/mol. The number of hydrogen-bond acceptors (Lipinski definition) is 5. The average Bonchev–Trinajstić information content (AvgIpc) is 2.82. The van der Waals surface area contributed by atoms with E-state index in [4.69, 9.17) is 9.47 Å². The van der Waals surface area contributed by atoms with E-state index in [1.807, 2.05) is 0 Å². The number of benzene rings is 1. The summed E-state index contributed by atoms with van der Waals surface area (Å²) in [5.74, 6) is 0.848. The van der Waals surface area contributed by atoms with Crippen molar-refractivity contribution in [1.82, 2.24) is 4.90 Å². The molecule has 1 heterocycles. The Kier molecular flexibility index (Phi) is 5.09. The lowest BCUT2D eigenvalue weighted by molar-refractivity contribution is -0.118. The summed E-state index contributed by atoms with van der Waals surface area (Å²) in [4.78, 5) is 15.0. The van der Waals surface area contributed by atoms with Crippen LogP contribution in [0.15, 0.2) is 12.1 Å². The van der Waals surface area contributed by atoms with E-state index in [0.717, 1.165) is 25.8 Å². The second kappa shape index (κ2) is 7.05. The van der Waals surface area contributed by atoms with Crippen LogP contribution >= 0.6 is 0 Å². The second-order valence-electron chi connectivity index (χ2n) is 8.64. The van der Waals surface area contributed by atoms with Gasteiger partial charge in [-0.1, -0.05) is 20.8 Å². The Morgan fingerprint density at radius 2 is 1.93 bits per heavy atom. The maximum atomic E-state index is 12.7. The highest BCUT2D eigenvalue weighted by Crippen LogP contribution is 2.58. The molecule has 1 aliphatic heterocycles. The van der Waals surface area contributed by atoms with Crippen LogP contribution in [0.1, 0.15) is 45.6 Å². The highest BCUT2D eigenvalue weighted by atomic mass is 16.5. The summed E-state index contributed by atoms with van der Waals surface area (Å²) in [6.45, 7) is 8.36. The highest BCUT2D eigenvalue weighted by Gasteiger charge is 2.53. The van der Waals surface area contributed by atoms with Gasteiger partial charge in [-0.25, -0.2) is 0 Å². The van der Waals surface area contributed by atoms with E-state index < -0.39 is 0 Å². The fourth-order valence-electron chi connectivity index (χ4n) is 4.63. The van der Waals surface area contributed by atoms with Crippen molar-refractivity contribution in [2.75, 3.05) is 32.6 Å². The van der Waals surface area contributed by atoms with Crippen LogP contribution in [0.2, 0.25) is 0 Å². The summed E-state index contributed by atoms with van der Waals surface area (Å²) in [5.41, 5.74) is 1.48. The minimum absolute atomic E-state index is 0.105. The molecule has 0 radical (unpaired) electrons. The van der Waals surface area contributed by atoms with Crippen LogP contribution in [-0.2, 0) is 4.79 Å². The Hall–Kier alpha value is -2.26. The van der Waals surface area contributed by atoms with E-state index in [0.29, 0.717) is 46.2 Å². The molecule has 2 atom stereocenters. The van der Waals surface area contributed by atoms with E-state index in [1.165, 1.54) is 14.2 Å². The van der Waals surface area contributed by atoms with Crippen LogP contribution in [0.4, 0.5) is 5.69 Å². The molecule has 6 nitrogen and oxygen atoms in total. The van der Waals surface area contributed by atoms with Gasteiger partial charge in [0.05, 0.1) is 32.0 Å². The van der Waals surface area contributed by atoms with Gasteiger partial charge in [0.25, 0.3) is 0 Å². The van der Waals surface area contributed by atoms with Gasteiger partial charge in [-0.15, -0.1) is 0 Å². The van der Waals surface area contributed by atoms with Crippen molar-refractivity contribution in [3.05, 3.63) is 17.7 Å². The van der Waals surface area contributed by atoms with E-state index in [-0.39, 0.29) is 5.91 Å². The number of ether oxygens (including phenoxy) is 2. The van der Waals surface area contributed by atoms with Gasteiger partial charge in [0.1, 0.15) is 6.07 Å². The van der Waals surface area contributed by atoms with Crippen LogP contribution in [0.5, 0.6) is 11.5 Å². The van der Waals surface area contributed by atoms with Crippen LogP contribution < -0.4 is 14.8 Å². The van der Waals surface area contributed by atoms with E-state index >= 15 is 0 Å². The molecule has 1 aromatic rings. The zero-order valence-electron chi connectivity index (χ0n) is 16.9. The highest BCUT2D eigenvalue weighted by molar-refractivity contribution is 5.94. The number of carbonyl (C=O) groups is 1. The average molecular weight is 371 g/mol. The molecule has 1 amide bonds. The molecule has 6 heteroatoms. The molecule has 3 rings (SSSR count). The summed E-state index contributed by atoms with van der Waals surface area (Å²) < 4.78 is 10.5. The Balaban J connectivity index is 1.71. The molecular formula is C21H29N3O3. The number of fused-ring (bicyclic) bond motifs is 2. The van der Waals surface area contributed by atoms with Gasteiger partial charge in [-0.3, -0.25) is 9.69 Å². The Morgan fingerprint density at radius 1 is 1.26 bits per heavy atom. The molecule has 1 saturated heterocycles. The molecule has 0 unspecified atom stereocenters. The fraction of sp³-hybridized carbons (Fsp3) is 0.619. The largest absolute Gasteiger partial charge is 0.493 e. The summed E-state index contributed by atoms with van der Waals surface area (Å²) in [6.07, 6.45) is 3.38. The van der Waals surface area contributed by atoms with Gasteiger partial charge in [-0.05, 0) is 36.6 Å². The number of methoxy groups -OCH3 is 2. The predicted molar refractivity (Wildman–Crippen MR) is 104 cm³/mol. The van der Waals surface area contributed by atoms with Gasteiger partial charge in [-0.2, -0.15) is 5.26 Å². The summed E-state index contributed by atoms with van der Waals surface area (Å²) in [6, 6.07) is 5.78. The van der Waals surface area contributed by atoms with Crippen LogP contribution in [0.3, 0.4) is 0 Å². The molecule has 146 valence electrons. The molecule has 0 spiro atoms. The smallest absolute Gasteiger partial charge is 0.238 e. The molecule has 27 heavy (non-hydrogen) atoms. The predicted octanol–water partition coefficient (Wildman–Crippen LogP) is 3.41. The molecule has 2 bridgehead atoms. The van der Waals surface area contributed by atoms with Gasteiger partial charge < -0.3 is 14.8 Å². The summed E-state index contributed by atoms with van der Waals surface area (Å²) >= 11 is 0. The van der Waals surface area contributed by atoms with E-state index in [9.17, 15) is 10.1 Å². The Morgan fingerprint density at radius 3 is 2.56 bits per heavy atom. The van der Waals surface area contributed by atoms with Crippen molar-refractivity contribution in [2.24, 2.45) is 10.8 Å². The van der Waals surface area contributed by atoms with Gasteiger partial charge in [0.15, 0.2) is 11.5 Å². The molecule has 2 fully saturated rings. The molecule has 1 aromatic carbocycles. The molecule has 1 aliphatic carbocycles. The first-order chi connectivity index (χ1) is 12.7.